The smallest absolute Gasteiger partial charge is 0.255 e. The van der Waals surface area contributed by atoms with E-state index in [0.717, 1.165) is 0 Å². The number of phenolic OH excluding ortho intramolecular Hbond substituents is 1. The Morgan fingerprint density at radius 1 is 1.24 bits per heavy atom. The molecule has 0 spiro atoms. The van der Waals surface area contributed by atoms with Crippen LogP contribution in [0, 0.1) is 17.7 Å². The van der Waals surface area contributed by atoms with Crippen LogP contribution in [0.1, 0.15) is 15.9 Å². The Kier molecular flexibility index (Phi) is 4.54. The lowest BCUT2D eigenvalue weighted by Crippen LogP contribution is -2.12. The van der Waals surface area contributed by atoms with E-state index in [1.54, 1.807) is 0 Å². The fourth-order valence-corrected chi connectivity index (χ4v) is 1.68. The van der Waals surface area contributed by atoms with Crippen molar-refractivity contribution >= 4 is 11.6 Å². The van der Waals surface area contributed by atoms with Crippen molar-refractivity contribution in [3.05, 3.63) is 59.4 Å². The third kappa shape index (κ3) is 3.81. The Balaban J connectivity index is 2.18. The van der Waals surface area contributed by atoms with Gasteiger partial charge in [0.05, 0.1) is 5.69 Å². The van der Waals surface area contributed by atoms with Gasteiger partial charge in [-0.15, -0.1) is 0 Å². The lowest BCUT2D eigenvalue weighted by atomic mass is 10.1. The van der Waals surface area contributed by atoms with Gasteiger partial charge in [-0.25, -0.2) is 4.39 Å². The summed E-state index contributed by atoms with van der Waals surface area (Å²) in [6.07, 6.45) is 0. The zero-order valence-electron chi connectivity index (χ0n) is 10.9. The molecule has 3 N–H and O–H groups in total. The van der Waals surface area contributed by atoms with Gasteiger partial charge in [-0.05, 0) is 36.4 Å². The molecule has 0 heterocycles. The summed E-state index contributed by atoms with van der Waals surface area (Å²) >= 11 is 0. The lowest BCUT2D eigenvalue weighted by molar-refractivity contribution is 0.102. The Morgan fingerprint density at radius 3 is 2.71 bits per heavy atom. The number of amides is 1. The van der Waals surface area contributed by atoms with Crippen molar-refractivity contribution in [2.24, 2.45) is 0 Å². The highest BCUT2D eigenvalue weighted by Crippen LogP contribution is 2.18. The molecule has 0 aliphatic heterocycles. The van der Waals surface area contributed by atoms with Crippen molar-refractivity contribution in [1.82, 2.24) is 0 Å². The third-order valence-corrected chi connectivity index (χ3v) is 2.64. The van der Waals surface area contributed by atoms with E-state index in [-0.39, 0.29) is 23.6 Å². The van der Waals surface area contributed by atoms with Crippen LogP contribution < -0.4 is 5.32 Å². The molecule has 0 aromatic heterocycles. The molecule has 0 saturated carbocycles. The van der Waals surface area contributed by atoms with Crippen LogP contribution >= 0.6 is 0 Å². The fourth-order valence-electron chi connectivity index (χ4n) is 1.68. The van der Waals surface area contributed by atoms with E-state index in [1.807, 2.05) is 0 Å². The van der Waals surface area contributed by atoms with E-state index in [4.69, 9.17) is 5.11 Å². The summed E-state index contributed by atoms with van der Waals surface area (Å²) in [6.45, 7) is -0.308. The summed E-state index contributed by atoms with van der Waals surface area (Å²) in [5.41, 5.74) is 0.633. The number of halogens is 1. The number of phenols is 1. The molecular formula is C16H12FNO3. The number of anilines is 1. The number of aromatic hydroxyl groups is 1. The lowest BCUT2D eigenvalue weighted by Gasteiger charge is -2.07. The van der Waals surface area contributed by atoms with Crippen LogP contribution in [-0.4, -0.2) is 22.7 Å². The summed E-state index contributed by atoms with van der Waals surface area (Å²) in [5, 5.41) is 20.3. The van der Waals surface area contributed by atoms with E-state index in [1.165, 1.54) is 42.5 Å². The monoisotopic (exact) mass is 285 g/mol. The van der Waals surface area contributed by atoms with Crippen molar-refractivity contribution in [2.45, 2.75) is 0 Å². The molecule has 2 aromatic rings. The molecule has 0 aliphatic carbocycles. The minimum absolute atomic E-state index is 0.0119. The maximum atomic E-state index is 13.8. The Morgan fingerprint density at radius 2 is 2.05 bits per heavy atom. The molecule has 0 fully saturated rings. The van der Waals surface area contributed by atoms with Crippen LogP contribution in [0.3, 0.4) is 0 Å². The summed E-state index contributed by atoms with van der Waals surface area (Å²) in [4.78, 5) is 11.9. The average molecular weight is 285 g/mol. The van der Waals surface area contributed by atoms with Crippen molar-refractivity contribution in [1.29, 1.82) is 0 Å². The van der Waals surface area contributed by atoms with Gasteiger partial charge in [0.2, 0.25) is 0 Å². The molecule has 0 aliphatic rings. The topological polar surface area (TPSA) is 69.6 Å². The number of aliphatic hydroxyl groups is 1. The molecule has 0 saturated heterocycles. The molecule has 5 heteroatoms. The number of hydrogen-bond acceptors (Lipinski definition) is 3. The molecule has 4 nitrogen and oxygen atoms in total. The van der Waals surface area contributed by atoms with E-state index >= 15 is 0 Å². The quantitative estimate of drug-likeness (QED) is 0.740. The van der Waals surface area contributed by atoms with Gasteiger partial charge in [0.25, 0.3) is 5.91 Å². The average Bonchev–Trinajstić information content (AvgIpc) is 2.47. The molecule has 2 rings (SSSR count). The van der Waals surface area contributed by atoms with E-state index in [9.17, 15) is 14.3 Å². The number of nitrogens with one attached hydrogen (secondary N) is 1. The molecule has 21 heavy (non-hydrogen) atoms. The number of hydrogen-bond donors (Lipinski definition) is 3. The van der Waals surface area contributed by atoms with Crippen LogP contribution in [-0.2, 0) is 0 Å². The van der Waals surface area contributed by atoms with Crippen LogP contribution in [0.15, 0.2) is 42.5 Å². The number of carbonyl (C=O) groups is 1. The van der Waals surface area contributed by atoms with Crippen LogP contribution in [0.2, 0.25) is 0 Å². The molecule has 0 bridgehead atoms. The van der Waals surface area contributed by atoms with Gasteiger partial charge < -0.3 is 15.5 Å². The van der Waals surface area contributed by atoms with Gasteiger partial charge in [0.15, 0.2) is 0 Å². The molecule has 0 unspecified atom stereocenters. The standard InChI is InChI=1S/C16H12FNO3/c17-14-9-11(3-2-8-19)6-7-15(14)18-16(21)12-4-1-5-13(20)10-12/h1,4-7,9-10,19-20H,8H2,(H,18,21). The van der Waals surface area contributed by atoms with Crippen molar-refractivity contribution in [2.75, 3.05) is 11.9 Å². The fraction of sp³-hybridized carbons (Fsp3) is 0.0625. The first-order valence-electron chi connectivity index (χ1n) is 6.10. The number of carbonyl (C=O) groups excluding carboxylic acids is 1. The summed E-state index contributed by atoms with van der Waals surface area (Å²) < 4.78 is 13.8. The van der Waals surface area contributed by atoms with E-state index < -0.39 is 11.7 Å². The minimum Gasteiger partial charge on any atom is -0.508 e. The first-order valence-corrected chi connectivity index (χ1v) is 6.10. The van der Waals surface area contributed by atoms with Crippen molar-refractivity contribution < 1.29 is 19.4 Å². The number of benzene rings is 2. The predicted octanol–water partition coefficient (Wildman–Crippen LogP) is 2.13. The van der Waals surface area contributed by atoms with Gasteiger partial charge in [-0.3, -0.25) is 4.79 Å². The second kappa shape index (κ2) is 6.55. The predicted molar refractivity (Wildman–Crippen MR) is 76.4 cm³/mol. The second-order valence-corrected chi connectivity index (χ2v) is 4.16. The maximum absolute atomic E-state index is 13.8. The number of aliphatic hydroxyl groups excluding tert-OH is 1. The first kappa shape index (κ1) is 14.6. The third-order valence-electron chi connectivity index (χ3n) is 2.64. The van der Waals surface area contributed by atoms with Gasteiger partial charge in [-0.2, -0.15) is 0 Å². The second-order valence-electron chi connectivity index (χ2n) is 4.16. The highest BCUT2D eigenvalue weighted by molar-refractivity contribution is 6.04. The van der Waals surface area contributed by atoms with E-state index in [2.05, 4.69) is 17.2 Å². The van der Waals surface area contributed by atoms with Gasteiger partial charge >= 0.3 is 0 Å². The molecule has 2 aromatic carbocycles. The molecule has 0 radical (unpaired) electrons. The molecule has 0 atom stereocenters. The summed E-state index contributed by atoms with van der Waals surface area (Å²) in [7, 11) is 0. The normalized spacial score (nSPS) is 9.62. The van der Waals surface area contributed by atoms with Crippen LogP contribution in [0.25, 0.3) is 0 Å². The van der Waals surface area contributed by atoms with Crippen LogP contribution in [0.4, 0.5) is 10.1 Å². The van der Waals surface area contributed by atoms with Crippen LogP contribution in [0.5, 0.6) is 5.75 Å². The Hall–Kier alpha value is -2.84. The summed E-state index contributed by atoms with van der Waals surface area (Å²) in [6, 6.07) is 9.84. The molecule has 106 valence electrons. The Bertz CT molecular complexity index is 732. The molecule has 1 amide bonds. The van der Waals surface area contributed by atoms with Gasteiger partial charge in [-0.1, -0.05) is 17.9 Å². The number of rotatable bonds is 2. The summed E-state index contributed by atoms with van der Waals surface area (Å²) in [5.74, 6) is 3.77. The first-order chi connectivity index (χ1) is 10.1. The maximum Gasteiger partial charge on any atom is 0.255 e. The SMILES string of the molecule is O=C(Nc1ccc(C#CCO)cc1F)c1cccc(O)c1. The minimum atomic E-state index is -0.631. The highest BCUT2D eigenvalue weighted by atomic mass is 19.1. The Labute approximate surface area is 120 Å². The zero-order valence-corrected chi connectivity index (χ0v) is 10.9. The largest absolute Gasteiger partial charge is 0.508 e. The van der Waals surface area contributed by atoms with Gasteiger partial charge in [0.1, 0.15) is 18.2 Å². The van der Waals surface area contributed by atoms with E-state index in [0.29, 0.717) is 5.56 Å². The highest BCUT2D eigenvalue weighted by Gasteiger charge is 2.10. The zero-order chi connectivity index (χ0) is 15.2. The van der Waals surface area contributed by atoms with Gasteiger partial charge in [0, 0.05) is 11.1 Å². The van der Waals surface area contributed by atoms with Crippen molar-refractivity contribution in [3.8, 4) is 17.6 Å². The molecular weight excluding hydrogens is 273 g/mol. The van der Waals surface area contributed by atoms with Crippen molar-refractivity contribution in [3.63, 3.8) is 0 Å².